The van der Waals surface area contributed by atoms with Crippen molar-refractivity contribution in [2.24, 2.45) is 5.73 Å². The number of hydrogen-bond donors (Lipinski definition) is 2. The first-order valence-corrected chi connectivity index (χ1v) is 4.05. The van der Waals surface area contributed by atoms with Crippen LogP contribution in [0.3, 0.4) is 0 Å². The van der Waals surface area contributed by atoms with Gasteiger partial charge in [-0.1, -0.05) is 0 Å². The number of alkyl halides is 2. The molecule has 0 amide bonds. The summed E-state index contributed by atoms with van der Waals surface area (Å²) in [5.41, 5.74) is 4.76. The molecule has 1 aromatic rings. The monoisotopic (exact) mass is 217 g/mol. The van der Waals surface area contributed by atoms with Crippen LogP contribution in [0.4, 0.5) is 8.78 Å². The molecule has 0 unspecified atom stereocenters. The van der Waals surface area contributed by atoms with Crippen LogP contribution in [-0.2, 0) is 0 Å². The Morgan fingerprint density at radius 1 is 1.40 bits per heavy atom. The number of rotatable bonds is 4. The van der Waals surface area contributed by atoms with Crippen molar-refractivity contribution in [1.82, 2.24) is 0 Å². The molecule has 0 aliphatic heterocycles. The van der Waals surface area contributed by atoms with Crippen LogP contribution < -0.4 is 10.5 Å². The molecule has 82 valence electrons. The van der Waals surface area contributed by atoms with Gasteiger partial charge in [-0.25, -0.2) is 4.79 Å². The van der Waals surface area contributed by atoms with Crippen molar-refractivity contribution in [2.75, 3.05) is 6.54 Å². The molecule has 0 heterocycles. The molecular formula is C9H9F2NO3. The van der Waals surface area contributed by atoms with Crippen molar-refractivity contribution in [3.05, 3.63) is 29.8 Å². The van der Waals surface area contributed by atoms with Crippen LogP contribution in [0.1, 0.15) is 10.4 Å². The summed E-state index contributed by atoms with van der Waals surface area (Å²) in [6, 6.07) is 4.63. The van der Waals surface area contributed by atoms with E-state index < -0.39 is 18.6 Å². The highest BCUT2D eigenvalue weighted by Gasteiger charge is 2.29. The molecule has 0 aliphatic rings. The minimum absolute atomic E-state index is 0.00147. The van der Waals surface area contributed by atoms with Crippen LogP contribution in [-0.4, -0.2) is 23.7 Å². The van der Waals surface area contributed by atoms with Gasteiger partial charge in [0, 0.05) is 0 Å². The van der Waals surface area contributed by atoms with Crippen LogP contribution in [0.25, 0.3) is 0 Å². The third-order valence-corrected chi connectivity index (χ3v) is 1.61. The Balaban J connectivity index is 2.77. The molecule has 0 aromatic heterocycles. The van der Waals surface area contributed by atoms with Crippen LogP contribution in [0, 0.1) is 0 Å². The lowest BCUT2D eigenvalue weighted by Gasteiger charge is -2.15. The molecule has 1 rings (SSSR count). The summed E-state index contributed by atoms with van der Waals surface area (Å²) in [5.74, 6) is -1.26. The first-order chi connectivity index (χ1) is 6.94. The second-order valence-electron chi connectivity index (χ2n) is 2.77. The SMILES string of the molecule is NCC(F)(F)Oc1ccc(C(=O)O)cc1. The summed E-state index contributed by atoms with van der Waals surface area (Å²) in [6.45, 7) is -0.937. The zero-order valence-electron chi connectivity index (χ0n) is 7.61. The van der Waals surface area contributed by atoms with E-state index in [0.717, 1.165) is 12.1 Å². The van der Waals surface area contributed by atoms with Gasteiger partial charge in [0.2, 0.25) is 0 Å². The predicted octanol–water partition coefficient (Wildman–Crippen LogP) is 1.32. The van der Waals surface area contributed by atoms with E-state index in [-0.39, 0.29) is 11.3 Å². The van der Waals surface area contributed by atoms with E-state index in [2.05, 4.69) is 4.74 Å². The van der Waals surface area contributed by atoms with Gasteiger partial charge in [-0.3, -0.25) is 0 Å². The van der Waals surface area contributed by atoms with E-state index in [4.69, 9.17) is 10.8 Å². The third kappa shape index (κ3) is 3.17. The number of carboxylic acid groups (broad SMARTS) is 1. The normalized spacial score (nSPS) is 11.1. The van der Waals surface area contributed by atoms with Gasteiger partial charge in [0.1, 0.15) is 5.75 Å². The van der Waals surface area contributed by atoms with Gasteiger partial charge in [-0.2, -0.15) is 8.78 Å². The summed E-state index contributed by atoms with van der Waals surface area (Å²) >= 11 is 0. The van der Waals surface area contributed by atoms with Crippen molar-refractivity contribution in [3.63, 3.8) is 0 Å². The lowest BCUT2D eigenvalue weighted by molar-refractivity contribution is -0.166. The van der Waals surface area contributed by atoms with E-state index in [1.807, 2.05) is 0 Å². The molecule has 0 spiro atoms. The summed E-state index contributed by atoms with van der Waals surface area (Å²) in [4.78, 5) is 10.4. The molecule has 0 saturated carbocycles. The minimum atomic E-state index is -3.44. The highest BCUT2D eigenvalue weighted by molar-refractivity contribution is 5.87. The fraction of sp³-hybridized carbons (Fsp3) is 0.222. The second-order valence-corrected chi connectivity index (χ2v) is 2.77. The van der Waals surface area contributed by atoms with Gasteiger partial charge >= 0.3 is 12.1 Å². The van der Waals surface area contributed by atoms with Gasteiger partial charge in [-0.05, 0) is 24.3 Å². The summed E-state index contributed by atoms with van der Waals surface area (Å²) in [5, 5.41) is 8.55. The van der Waals surface area contributed by atoms with E-state index in [1.54, 1.807) is 0 Å². The van der Waals surface area contributed by atoms with Crippen molar-refractivity contribution in [2.45, 2.75) is 6.11 Å². The first kappa shape index (κ1) is 11.4. The Hall–Kier alpha value is -1.69. The molecule has 0 bridgehead atoms. The number of carboxylic acids is 1. The van der Waals surface area contributed by atoms with E-state index >= 15 is 0 Å². The maximum absolute atomic E-state index is 12.6. The summed E-state index contributed by atoms with van der Waals surface area (Å²) in [6.07, 6.45) is -3.44. The molecular weight excluding hydrogens is 208 g/mol. The van der Waals surface area contributed by atoms with Gasteiger partial charge in [0.05, 0.1) is 12.1 Å². The van der Waals surface area contributed by atoms with E-state index in [0.29, 0.717) is 0 Å². The molecule has 15 heavy (non-hydrogen) atoms. The average molecular weight is 217 g/mol. The average Bonchev–Trinajstić information content (AvgIpc) is 2.18. The minimum Gasteiger partial charge on any atom is -0.478 e. The van der Waals surface area contributed by atoms with Crippen LogP contribution in [0.5, 0.6) is 5.75 Å². The number of hydrogen-bond acceptors (Lipinski definition) is 3. The molecule has 0 radical (unpaired) electrons. The van der Waals surface area contributed by atoms with E-state index in [1.165, 1.54) is 12.1 Å². The van der Waals surface area contributed by atoms with Crippen molar-refractivity contribution >= 4 is 5.97 Å². The Labute approximate surface area is 84.3 Å². The van der Waals surface area contributed by atoms with Crippen molar-refractivity contribution < 1.29 is 23.4 Å². The first-order valence-electron chi connectivity index (χ1n) is 4.05. The molecule has 0 aliphatic carbocycles. The lowest BCUT2D eigenvalue weighted by Crippen LogP contribution is -2.34. The zero-order valence-corrected chi connectivity index (χ0v) is 7.61. The second kappa shape index (κ2) is 4.22. The fourth-order valence-electron chi connectivity index (χ4n) is 0.880. The van der Waals surface area contributed by atoms with Crippen LogP contribution in [0.15, 0.2) is 24.3 Å². The molecule has 1 aromatic carbocycles. The topological polar surface area (TPSA) is 72.5 Å². The maximum Gasteiger partial charge on any atom is 0.410 e. The molecule has 3 N–H and O–H groups in total. The Bertz CT molecular complexity index is 351. The number of aromatic carboxylic acids is 1. The van der Waals surface area contributed by atoms with E-state index in [9.17, 15) is 13.6 Å². The van der Waals surface area contributed by atoms with Crippen molar-refractivity contribution in [1.29, 1.82) is 0 Å². The van der Waals surface area contributed by atoms with Gasteiger partial charge in [-0.15, -0.1) is 0 Å². The summed E-state index contributed by atoms with van der Waals surface area (Å²) < 4.78 is 29.5. The standard InChI is InChI=1S/C9H9F2NO3/c10-9(11,5-12)15-7-3-1-6(2-4-7)8(13)14/h1-4H,5,12H2,(H,13,14). The zero-order chi connectivity index (χ0) is 11.5. The number of benzene rings is 1. The molecule has 4 nitrogen and oxygen atoms in total. The smallest absolute Gasteiger partial charge is 0.410 e. The summed E-state index contributed by atoms with van der Waals surface area (Å²) in [7, 11) is 0. The highest BCUT2D eigenvalue weighted by Crippen LogP contribution is 2.20. The number of ether oxygens (including phenoxy) is 1. The predicted molar refractivity (Wildman–Crippen MR) is 48.0 cm³/mol. The lowest BCUT2D eigenvalue weighted by atomic mass is 10.2. The van der Waals surface area contributed by atoms with Crippen LogP contribution >= 0.6 is 0 Å². The molecule has 0 fully saturated rings. The largest absolute Gasteiger partial charge is 0.478 e. The third-order valence-electron chi connectivity index (χ3n) is 1.61. The number of nitrogens with two attached hydrogens (primary N) is 1. The Kier molecular flexibility index (Phi) is 3.21. The molecule has 6 heteroatoms. The van der Waals surface area contributed by atoms with Crippen molar-refractivity contribution in [3.8, 4) is 5.75 Å². The van der Waals surface area contributed by atoms with Gasteiger partial charge < -0.3 is 15.6 Å². The Morgan fingerprint density at radius 3 is 2.33 bits per heavy atom. The highest BCUT2D eigenvalue weighted by atomic mass is 19.3. The molecule has 0 atom stereocenters. The van der Waals surface area contributed by atoms with Crippen LogP contribution in [0.2, 0.25) is 0 Å². The maximum atomic E-state index is 12.6. The van der Waals surface area contributed by atoms with Gasteiger partial charge in [0.25, 0.3) is 0 Å². The Morgan fingerprint density at radius 2 is 1.93 bits per heavy atom. The number of carbonyl (C=O) groups is 1. The fourth-order valence-corrected chi connectivity index (χ4v) is 0.880. The molecule has 0 saturated heterocycles. The number of halogens is 2. The van der Waals surface area contributed by atoms with Gasteiger partial charge in [0.15, 0.2) is 0 Å². The quantitative estimate of drug-likeness (QED) is 0.797.